The van der Waals surface area contributed by atoms with Crippen LogP contribution in [0.1, 0.15) is 17.3 Å². The summed E-state index contributed by atoms with van der Waals surface area (Å²) in [5.41, 5.74) is 1.30. The molecule has 0 saturated carbocycles. The molecule has 132 valence electrons. The summed E-state index contributed by atoms with van der Waals surface area (Å²) in [5.74, 6) is -0.231. The highest BCUT2D eigenvalue weighted by Crippen LogP contribution is 2.27. The Hall–Kier alpha value is -2.73. The summed E-state index contributed by atoms with van der Waals surface area (Å²) in [7, 11) is 1.53. The molecule has 0 atom stereocenters. The van der Waals surface area contributed by atoms with Gasteiger partial charge in [-0.3, -0.25) is 4.79 Å². The Bertz CT molecular complexity index is 764. The maximum Gasteiger partial charge on any atom is 0.340 e. The predicted octanol–water partition coefficient (Wildman–Crippen LogP) is 3.58. The fraction of sp³-hybridized carbons (Fsp3) is 0.222. The van der Waals surface area contributed by atoms with Crippen molar-refractivity contribution in [3.05, 3.63) is 53.1 Å². The monoisotopic (exact) mass is 362 g/mol. The van der Waals surface area contributed by atoms with Gasteiger partial charge in [0.2, 0.25) is 5.91 Å². The molecule has 2 aromatic rings. The zero-order valence-corrected chi connectivity index (χ0v) is 14.7. The van der Waals surface area contributed by atoms with Crippen LogP contribution >= 0.6 is 11.6 Å². The average molecular weight is 363 g/mol. The van der Waals surface area contributed by atoms with Crippen molar-refractivity contribution in [3.8, 4) is 5.75 Å². The summed E-state index contributed by atoms with van der Waals surface area (Å²) in [4.78, 5) is 24.1. The molecule has 7 heteroatoms. The molecule has 2 rings (SSSR count). The number of hydrogen-bond acceptors (Lipinski definition) is 5. The van der Waals surface area contributed by atoms with Crippen LogP contribution in [-0.4, -0.2) is 32.1 Å². The number of amides is 1. The molecular formula is C18H19ClN2O4. The Morgan fingerprint density at radius 2 is 1.88 bits per heavy atom. The largest absolute Gasteiger partial charge is 0.495 e. The molecule has 6 nitrogen and oxygen atoms in total. The molecule has 0 aliphatic rings. The van der Waals surface area contributed by atoms with E-state index < -0.39 is 5.97 Å². The van der Waals surface area contributed by atoms with Gasteiger partial charge in [0.05, 0.1) is 37.2 Å². The maximum atomic E-state index is 12.2. The van der Waals surface area contributed by atoms with Crippen molar-refractivity contribution >= 4 is 34.9 Å². The molecule has 0 aromatic heterocycles. The van der Waals surface area contributed by atoms with Crippen LogP contribution in [0.15, 0.2) is 42.5 Å². The molecule has 0 aliphatic carbocycles. The van der Waals surface area contributed by atoms with Crippen LogP contribution in [0, 0.1) is 0 Å². The smallest absolute Gasteiger partial charge is 0.340 e. The number of anilines is 2. The van der Waals surface area contributed by atoms with E-state index in [4.69, 9.17) is 21.1 Å². The second kappa shape index (κ2) is 8.94. The highest BCUT2D eigenvalue weighted by atomic mass is 35.5. The van der Waals surface area contributed by atoms with Crippen molar-refractivity contribution in [1.82, 2.24) is 0 Å². The summed E-state index contributed by atoms with van der Waals surface area (Å²) in [6, 6.07) is 11.7. The summed E-state index contributed by atoms with van der Waals surface area (Å²) >= 11 is 5.96. The lowest BCUT2D eigenvalue weighted by Crippen LogP contribution is -2.23. The lowest BCUT2D eigenvalue weighted by molar-refractivity contribution is -0.114. The van der Waals surface area contributed by atoms with Gasteiger partial charge in [-0.25, -0.2) is 4.79 Å². The van der Waals surface area contributed by atoms with Crippen molar-refractivity contribution in [2.24, 2.45) is 0 Å². The van der Waals surface area contributed by atoms with Crippen molar-refractivity contribution in [2.45, 2.75) is 6.92 Å². The minimum atomic E-state index is -0.483. The van der Waals surface area contributed by atoms with Crippen molar-refractivity contribution in [1.29, 1.82) is 0 Å². The SMILES string of the molecule is CCOC(=O)c1ccccc1NC(=O)CNc1cc(Cl)ccc1OC. The highest BCUT2D eigenvalue weighted by Gasteiger charge is 2.14. The van der Waals surface area contributed by atoms with E-state index in [0.717, 1.165) is 0 Å². The van der Waals surface area contributed by atoms with E-state index in [1.807, 2.05) is 0 Å². The van der Waals surface area contributed by atoms with Crippen molar-refractivity contribution in [2.75, 3.05) is 30.9 Å². The topological polar surface area (TPSA) is 76.7 Å². The number of carbonyl (C=O) groups excluding carboxylic acids is 2. The van der Waals surface area contributed by atoms with E-state index in [1.165, 1.54) is 7.11 Å². The number of methoxy groups -OCH3 is 1. The Morgan fingerprint density at radius 3 is 2.60 bits per heavy atom. The standard InChI is InChI=1S/C18H19ClN2O4/c1-3-25-18(23)13-6-4-5-7-14(13)21-17(22)11-20-15-10-12(19)8-9-16(15)24-2/h4-10,20H,3,11H2,1-2H3,(H,21,22). The molecule has 0 heterocycles. The zero-order valence-electron chi connectivity index (χ0n) is 14.0. The molecule has 1 amide bonds. The van der Waals surface area contributed by atoms with E-state index in [9.17, 15) is 9.59 Å². The normalized spacial score (nSPS) is 10.0. The Morgan fingerprint density at radius 1 is 1.12 bits per heavy atom. The number of hydrogen-bond donors (Lipinski definition) is 2. The lowest BCUT2D eigenvalue weighted by atomic mass is 10.2. The number of para-hydroxylation sites is 1. The number of nitrogens with one attached hydrogen (secondary N) is 2. The third kappa shape index (κ3) is 5.12. The van der Waals surface area contributed by atoms with Crippen LogP contribution in [0.25, 0.3) is 0 Å². The number of ether oxygens (including phenoxy) is 2. The molecule has 0 unspecified atom stereocenters. The molecule has 25 heavy (non-hydrogen) atoms. The van der Waals surface area contributed by atoms with Crippen molar-refractivity contribution in [3.63, 3.8) is 0 Å². The molecule has 0 radical (unpaired) electrons. The third-order valence-corrected chi connectivity index (χ3v) is 3.53. The fourth-order valence-electron chi connectivity index (χ4n) is 2.17. The van der Waals surface area contributed by atoms with Gasteiger partial charge in [-0.1, -0.05) is 23.7 Å². The summed E-state index contributed by atoms with van der Waals surface area (Å²) in [5, 5.41) is 6.18. The first-order valence-electron chi connectivity index (χ1n) is 7.68. The number of halogens is 1. The Labute approximate surface area is 151 Å². The number of benzene rings is 2. The quantitative estimate of drug-likeness (QED) is 0.736. The van der Waals surface area contributed by atoms with E-state index in [2.05, 4.69) is 10.6 Å². The first kappa shape index (κ1) is 18.6. The summed E-state index contributed by atoms with van der Waals surface area (Å²) in [6.45, 7) is 1.96. The molecule has 0 bridgehead atoms. The molecule has 0 spiro atoms. The minimum Gasteiger partial charge on any atom is -0.495 e. The summed E-state index contributed by atoms with van der Waals surface area (Å²) in [6.07, 6.45) is 0. The Balaban J connectivity index is 2.04. The van der Waals surface area contributed by atoms with Crippen LogP contribution in [0.5, 0.6) is 5.75 Å². The van der Waals surface area contributed by atoms with Crippen molar-refractivity contribution < 1.29 is 19.1 Å². The first-order valence-corrected chi connectivity index (χ1v) is 8.06. The molecule has 0 aliphatic heterocycles. The highest BCUT2D eigenvalue weighted by molar-refractivity contribution is 6.31. The van der Waals surface area contributed by atoms with Gasteiger partial charge in [0.15, 0.2) is 0 Å². The van der Waals surface area contributed by atoms with Crippen LogP contribution in [-0.2, 0) is 9.53 Å². The number of carbonyl (C=O) groups is 2. The number of rotatable bonds is 7. The van der Waals surface area contributed by atoms with Gasteiger partial charge in [0.1, 0.15) is 5.75 Å². The summed E-state index contributed by atoms with van der Waals surface area (Å²) < 4.78 is 10.2. The van der Waals surface area contributed by atoms with Gasteiger partial charge in [-0.2, -0.15) is 0 Å². The molecule has 2 N–H and O–H groups in total. The van der Waals surface area contributed by atoms with Gasteiger partial charge in [-0.15, -0.1) is 0 Å². The molecule has 0 fully saturated rings. The van der Waals surface area contributed by atoms with Crippen LogP contribution in [0.4, 0.5) is 11.4 Å². The van der Waals surface area contributed by atoms with Gasteiger partial charge in [0.25, 0.3) is 0 Å². The van der Waals surface area contributed by atoms with Crippen LogP contribution in [0.3, 0.4) is 0 Å². The van der Waals surface area contributed by atoms with Gasteiger partial charge in [0, 0.05) is 5.02 Å². The van der Waals surface area contributed by atoms with Gasteiger partial charge < -0.3 is 20.1 Å². The van der Waals surface area contributed by atoms with Crippen LogP contribution in [0.2, 0.25) is 5.02 Å². The molecule has 2 aromatic carbocycles. The van der Waals surface area contributed by atoms with Gasteiger partial charge in [-0.05, 0) is 37.3 Å². The third-order valence-electron chi connectivity index (χ3n) is 3.30. The Kier molecular flexibility index (Phi) is 6.65. The average Bonchev–Trinajstić information content (AvgIpc) is 2.60. The van der Waals surface area contributed by atoms with Gasteiger partial charge >= 0.3 is 5.97 Å². The molecular weight excluding hydrogens is 344 g/mol. The van der Waals surface area contributed by atoms with Crippen LogP contribution < -0.4 is 15.4 Å². The first-order chi connectivity index (χ1) is 12.0. The van der Waals surface area contributed by atoms with E-state index in [0.29, 0.717) is 27.7 Å². The lowest BCUT2D eigenvalue weighted by Gasteiger charge is -2.13. The minimum absolute atomic E-state index is 0.0200. The predicted molar refractivity (Wildman–Crippen MR) is 97.5 cm³/mol. The second-order valence-corrected chi connectivity index (χ2v) is 5.45. The second-order valence-electron chi connectivity index (χ2n) is 5.01. The molecule has 0 saturated heterocycles. The fourth-order valence-corrected chi connectivity index (χ4v) is 2.34. The van der Waals surface area contributed by atoms with E-state index in [-0.39, 0.29) is 19.1 Å². The number of esters is 1. The van der Waals surface area contributed by atoms with E-state index >= 15 is 0 Å². The van der Waals surface area contributed by atoms with E-state index in [1.54, 1.807) is 49.4 Å². The maximum absolute atomic E-state index is 12.2. The zero-order chi connectivity index (χ0) is 18.2.